The van der Waals surface area contributed by atoms with Crippen molar-refractivity contribution in [1.82, 2.24) is 10.4 Å². The fraction of sp³-hybridized carbons (Fsp3) is 0.944. The molecule has 0 aromatic carbocycles. The number of carboxylic acids is 1. The van der Waals surface area contributed by atoms with Gasteiger partial charge in [-0.2, -0.15) is 0 Å². The summed E-state index contributed by atoms with van der Waals surface area (Å²) in [6.45, 7) is 3.57. The Kier molecular flexibility index (Phi) is 11.4. The molecule has 0 aromatic rings. The molecule has 1 saturated carbocycles. The maximum Gasteiger partial charge on any atom is 0.300 e. The molecule has 2 N–H and O–H groups in total. The van der Waals surface area contributed by atoms with Crippen LogP contribution in [0.15, 0.2) is 0 Å². The zero-order valence-corrected chi connectivity index (χ0v) is 14.5. The van der Waals surface area contributed by atoms with Crippen LogP contribution < -0.4 is 5.43 Å². The molecular formula is C18H36N2O2. The zero-order chi connectivity index (χ0) is 16.0. The molecular weight excluding hydrogens is 276 g/mol. The number of carboxylic acid groups (broad SMARTS) is 1. The SMILES string of the molecule is C1CCCCC(N2CCCCCCCN2)CCC1.CC(=O)O. The normalized spacial score (nSPS) is 23.5. The minimum absolute atomic E-state index is 0.821. The largest absolute Gasteiger partial charge is 0.481 e. The second-order valence-corrected chi connectivity index (χ2v) is 6.74. The van der Waals surface area contributed by atoms with Gasteiger partial charge in [-0.25, -0.2) is 5.01 Å². The van der Waals surface area contributed by atoms with Crippen LogP contribution in [0.5, 0.6) is 0 Å². The van der Waals surface area contributed by atoms with Crippen LogP contribution >= 0.6 is 0 Å². The van der Waals surface area contributed by atoms with E-state index in [0.29, 0.717) is 0 Å². The smallest absolute Gasteiger partial charge is 0.300 e. The van der Waals surface area contributed by atoms with Gasteiger partial charge in [0.2, 0.25) is 0 Å². The van der Waals surface area contributed by atoms with Gasteiger partial charge in [0, 0.05) is 26.1 Å². The Morgan fingerprint density at radius 3 is 1.91 bits per heavy atom. The van der Waals surface area contributed by atoms with Crippen molar-refractivity contribution in [3.8, 4) is 0 Å². The molecule has 0 unspecified atom stereocenters. The van der Waals surface area contributed by atoms with Gasteiger partial charge in [0.1, 0.15) is 0 Å². The van der Waals surface area contributed by atoms with Crippen LogP contribution in [0.25, 0.3) is 0 Å². The highest BCUT2D eigenvalue weighted by Crippen LogP contribution is 2.21. The van der Waals surface area contributed by atoms with Crippen molar-refractivity contribution in [3.63, 3.8) is 0 Å². The average molecular weight is 312 g/mol. The van der Waals surface area contributed by atoms with Gasteiger partial charge in [-0.05, 0) is 25.7 Å². The Hall–Kier alpha value is -0.610. The van der Waals surface area contributed by atoms with Crippen LogP contribution in [-0.4, -0.2) is 35.2 Å². The van der Waals surface area contributed by atoms with Crippen molar-refractivity contribution in [2.75, 3.05) is 13.1 Å². The number of hydrazine groups is 1. The fourth-order valence-corrected chi connectivity index (χ4v) is 3.47. The van der Waals surface area contributed by atoms with E-state index in [1.54, 1.807) is 0 Å². The van der Waals surface area contributed by atoms with E-state index in [4.69, 9.17) is 9.90 Å². The van der Waals surface area contributed by atoms with E-state index in [2.05, 4.69) is 10.4 Å². The van der Waals surface area contributed by atoms with Gasteiger partial charge in [0.25, 0.3) is 5.97 Å². The monoisotopic (exact) mass is 312 g/mol. The lowest BCUT2D eigenvalue weighted by Gasteiger charge is -2.32. The summed E-state index contributed by atoms with van der Waals surface area (Å²) >= 11 is 0. The van der Waals surface area contributed by atoms with E-state index in [1.807, 2.05) is 0 Å². The molecule has 4 heteroatoms. The standard InChI is InChI=1S/C16H32N2.C2H4O2/c1-2-5-9-13-16(12-8-4-1)18-15-11-7-3-6-10-14-17-18;1-2(3)4/h16-17H,1-15H2;1H3,(H,3,4). The van der Waals surface area contributed by atoms with Crippen molar-refractivity contribution in [3.05, 3.63) is 0 Å². The lowest BCUT2D eigenvalue weighted by atomic mass is 10.0. The summed E-state index contributed by atoms with van der Waals surface area (Å²) in [5, 5.41) is 10.0. The first kappa shape index (κ1) is 19.4. The molecule has 130 valence electrons. The quantitative estimate of drug-likeness (QED) is 0.756. The molecule has 22 heavy (non-hydrogen) atoms. The second kappa shape index (κ2) is 12.9. The summed E-state index contributed by atoms with van der Waals surface area (Å²) in [5.74, 6) is -0.833. The minimum Gasteiger partial charge on any atom is -0.481 e. The molecule has 2 rings (SSSR count). The number of hydrogen-bond donors (Lipinski definition) is 2. The third-order valence-electron chi connectivity index (χ3n) is 4.66. The van der Waals surface area contributed by atoms with Gasteiger partial charge in [-0.15, -0.1) is 0 Å². The van der Waals surface area contributed by atoms with Gasteiger partial charge in [0.05, 0.1) is 0 Å². The summed E-state index contributed by atoms with van der Waals surface area (Å²) in [5.41, 5.74) is 3.73. The summed E-state index contributed by atoms with van der Waals surface area (Å²) in [6, 6.07) is 0.821. The Bertz CT molecular complexity index is 238. The topological polar surface area (TPSA) is 52.6 Å². The van der Waals surface area contributed by atoms with Gasteiger partial charge < -0.3 is 5.11 Å². The van der Waals surface area contributed by atoms with Crippen LogP contribution in [0.1, 0.15) is 90.4 Å². The van der Waals surface area contributed by atoms with E-state index >= 15 is 0 Å². The Balaban J connectivity index is 0.000000541. The van der Waals surface area contributed by atoms with E-state index in [1.165, 1.54) is 96.6 Å². The number of carbonyl (C=O) groups is 1. The van der Waals surface area contributed by atoms with Crippen LogP contribution in [0.3, 0.4) is 0 Å². The predicted molar refractivity (Wildman–Crippen MR) is 91.8 cm³/mol. The molecule has 0 radical (unpaired) electrons. The van der Waals surface area contributed by atoms with Gasteiger partial charge in [-0.3, -0.25) is 10.2 Å². The van der Waals surface area contributed by atoms with Crippen molar-refractivity contribution in [2.45, 2.75) is 96.4 Å². The first-order valence-electron chi connectivity index (χ1n) is 9.40. The Labute approximate surface area is 136 Å². The summed E-state index contributed by atoms with van der Waals surface area (Å²) in [6.07, 6.45) is 18.7. The summed E-state index contributed by atoms with van der Waals surface area (Å²) in [4.78, 5) is 9.00. The molecule has 2 fully saturated rings. The molecule has 0 aromatic heterocycles. The molecule has 0 bridgehead atoms. The summed E-state index contributed by atoms with van der Waals surface area (Å²) < 4.78 is 0. The van der Waals surface area contributed by atoms with Gasteiger partial charge in [0.15, 0.2) is 0 Å². The molecule has 0 amide bonds. The molecule has 1 heterocycles. The van der Waals surface area contributed by atoms with Crippen molar-refractivity contribution < 1.29 is 9.90 Å². The van der Waals surface area contributed by atoms with Crippen molar-refractivity contribution >= 4 is 5.97 Å². The third kappa shape index (κ3) is 10.2. The van der Waals surface area contributed by atoms with Crippen LogP contribution in [0.4, 0.5) is 0 Å². The lowest BCUT2D eigenvalue weighted by Crippen LogP contribution is -2.46. The van der Waals surface area contributed by atoms with Crippen molar-refractivity contribution in [2.24, 2.45) is 0 Å². The first-order valence-corrected chi connectivity index (χ1v) is 9.40. The predicted octanol–water partition coefficient (Wildman–Crippen LogP) is 4.35. The molecule has 2 aliphatic rings. The molecule has 0 spiro atoms. The first-order chi connectivity index (χ1) is 10.7. The molecule has 1 saturated heterocycles. The minimum atomic E-state index is -0.833. The number of nitrogens with one attached hydrogen (secondary N) is 1. The fourth-order valence-electron chi connectivity index (χ4n) is 3.47. The van der Waals surface area contributed by atoms with Crippen LogP contribution in [0.2, 0.25) is 0 Å². The Morgan fingerprint density at radius 1 is 0.864 bits per heavy atom. The maximum absolute atomic E-state index is 9.00. The zero-order valence-electron chi connectivity index (χ0n) is 14.5. The number of nitrogens with zero attached hydrogens (tertiary/aromatic N) is 1. The maximum atomic E-state index is 9.00. The van der Waals surface area contributed by atoms with Crippen LogP contribution in [0, 0.1) is 0 Å². The van der Waals surface area contributed by atoms with E-state index in [-0.39, 0.29) is 0 Å². The molecule has 1 aliphatic carbocycles. The molecule has 1 aliphatic heterocycles. The third-order valence-corrected chi connectivity index (χ3v) is 4.66. The number of rotatable bonds is 1. The summed E-state index contributed by atoms with van der Waals surface area (Å²) in [7, 11) is 0. The Morgan fingerprint density at radius 2 is 1.32 bits per heavy atom. The molecule has 0 atom stereocenters. The number of hydrogen-bond acceptors (Lipinski definition) is 3. The highest BCUT2D eigenvalue weighted by atomic mass is 16.4. The highest BCUT2D eigenvalue weighted by molar-refractivity contribution is 5.62. The van der Waals surface area contributed by atoms with E-state index in [9.17, 15) is 0 Å². The highest BCUT2D eigenvalue weighted by Gasteiger charge is 2.18. The van der Waals surface area contributed by atoms with Crippen molar-refractivity contribution in [1.29, 1.82) is 0 Å². The van der Waals surface area contributed by atoms with Gasteiger partial charge in [-0.1, -0.05) is 57.8 Å². The van der Waals surface area contributed by atoms with E-state index in [0.717, 1.165) is 13.0 Å². The second-order valence-electron chi connectivity index (χ2n) is 6.74. The average Bonchev–Trinajstić information content (AvgIpc) is 2.69. The number of aliphatic carboxylic acids is 1. The van der Waals surface area contributed by atoms with Gasteiger partial charge >= 0.3 is 0 Å². The molecule has 4 nitrogen and oxygen atoms in total. The van der Waals surface area contributed by atoms with E-state index < -0.39 is 5.97 Å². The van der Waals surface area contributed by atoms with Crippen LogP contribution in [-0.2, 0) is 4.79 Å². The lowest BCUT2D eigenvalue weighted by molar-refractivity contribution is -0.134.